The molecule has 1 aromatic heterocycles. The van der Waals surface area contributed by atoms with E-state index in [2.05, 4.69) is 43.6 Å². The van der Waals surface area contributed by atoms with Crippen molar-refractivity contribution in [3.63, 3.8) is 0 Å². The number of halogens is 1. The minimum atomic E-state index is -0.968. The maximum absolute atomic E-state index is 13.1. The van der Waals surface area contributed by atoms with Gasteiger partial charge in [-0.05, 0) is 129 Å². The normalized spacial score (nSPS) is 17.7. The van der Waals surface area contributed by atoms with E-state index in [1.165, 1.54) is 0 Å². The van der Waals surface area contributed by atoms with Crippen LogP contribution in [0, 0.1) is 5.92 Å². The van der Waals surface area contributed by atoms with Gasteiger partial charge in [0.25, 0.3) is 11.8 Å². The van der Waals surface area contributed by atoms with Crippen LogP contribution in [0.3, 0.4) is 0 Å². The highest BCUT2D eigenvalue weighted by molar-refractivity contribution is 9.10. The SMILES string of the molecule is O=C1CCC(N2C(=O)c3ccc(NCCCC4CCN(CCOc5ccc(Oc6c(-c7ccc(Br)cc7)sc7cc(O)ccc67)cc5)CC4)cc3C2=O)C(=O)N1. The molecule has 3 aliphatic rings. The smallest absolute Gasteiger partial charge is 0.262 e. The molecule has 3 N–H and O–H groups in total. The fourth-order valence-corrected chi connectivity index (χ4v) is 9.10. The Hall–Kier alpha value is -5.24. The number of ether oxygens (including phenoxy) is 2. The Bertz CT molecular complexity index is 2290. The van der Waals surface area contributed by atoms with Gasteiger partial charge < -0.3 is 19.9 Å². The summed E-state index contributed by atoms with van der Waals surface area (Å²) in [6, 6.07) is 25.3. The van der Waals surface area contributed by atoms with E-state index < -0.39 is 29.7 Å². The standard InChI is InChI=1S/C43H41BrN4O7S/c44-28-5-3-27(4-6-28)40-39(34-14-8-30(49)25-37(34)56-40)55-32-11-9-31(10-12-32)54-23-22-47-20-17-26(18-21-47)2-1-19-45-29-7-13-33-35(24-29)43(53)48(42(33)52)36-15-16-38(50)46-41(36)51/h3-14,24-26,36,45,49H,1-2,15-23H2,(H,46,50,51). The first-order chi connectivity index (χ1) is 27.2. The number of imide groups is 2. The minimum Gasteiger partial charge on any atom is -0.508 e. The summed E-state index contributed by atoms with van der Waals surface area (Å²) in [5.74, 6) is 1.14. The number of nitrogens with zero attached hydrogens (tertiary/aromatic N) is 2. The molecule has 1 unspecified atom stereocenters. The quantitative estimate of drug-likeness (QED) is 0.0792. The van der Waals surface area contributed by atoms with Crippen molar-refractivity contribution in [3.8, 4) is 33.4 Å². The fourth-order valence-electron chi connectivity index (χ4n) is 7.67. The van der Waals surface area contributed by atoms with Crippen molar-refractivity contribution in [3.05, 3.63) is 101 Å². The number of thiophene rings is 1. The maximum atomic E-state index is 13.1. The van der Waals surface area contributed by atoms with E-state index in [4.69, 9.17) is 9.47 Å². The van der Waals surface area contributed by atoms with E-state index in [1.54, 1.807) is 41.7 Å². The van der Waals surface area contributed by atoms with Gasteiger partial charge >= 0.3 is 0 Å². The van der Waals surface area contributed by atoms with E-state index in [9.17, 15) is 24.3 Å². The predicted molar refractivity (Wildman–Crippen MR) is 219 cm³/mol. The van der Waals surface area contributed by atoms with E-state index in [0.717, 1.165) is 98.9 Å². The number of aromatic hydroxyl groups is 1. The molecule has 0 spiro atoms. The van der Waals surface area contributed by atoms with Crippen LogP contribution in [0.2, 0.25) is 0 Å². The summed E-state index contributed by atoms with van der Waals surface area (Å²) in [5.41, 5.74) is 2.36. The second-order valence-electron chi connectivity index (χ2n) is 14.4. The molecule has 1 atom stereocenters. The summed E-state index contributed by atoms with van der Waals surface area (Å²) in [7, 11) is 0. The zero-order valence-electron chi connectivity index (χ0n) is 30.6. The molecule has 288 valence electrons. The summed E-state index contributed by atoms with van der Waals surface area (Å²) in [6.07, 6.45) is 4.59. The molecule has 0 radical (unpaired) electrons. The third kappa shape index (κ3) is 8.16. The minimum absolute atomic E-state index is 0.0938. The van der Waals surface area contributed by atoms with Crippen LogP contribution in [0.1, 0.15) is 59.2 Å². The molecule has 13 heteroatoms. The average molecular weight is 838 g/mol. The van der Waals surface area contributed by atoms with Crippen molar-refractivity contribution in [1.82, 2.24) is 15.1 Å². The molecule has 4 heterocycles. The van der Waals surface area contributed by atoms with Crippen molar-refractivity contribution >= 4 is 66.7 Å². The van der Waals surface area contributed by atoms with Crippen LogP contribution in [-0.2, 0) is 9.59 Å². The van der Waals surface area contributed by atoms with Crippen LogP contribution in [-0.4, -0.2) is 77.4 Å². The molecular formula is C43H41BrN4O7S. The van der Waals surface area contributed by atoms with Gasteiger partial charge in [-0.3, -0.25) is 34.3 Å². The summed E-state index contributed by atoms with van der Waals surface area (Å²) in [6.45, 7) is 4.27. The van der Waals surface area contributed by atoms with Gasteiger partial charge in [0, 0.05) is 39.8 Å². The zero-order valence-corrected chi connectivity index (χ0v) is 33.0. The van der Waals surface area contributed by atoms with E-state index in [1.807, 2.05) is 42.5 Å². The number of hydrogen-bond donors (Lipinski definition) is 3. The second-order valence-corrected chi connectivity index (χ2v) is 16.4. The highest BCUT2D eigenvalue weighted by Crippen LogP contribution is 2.47. The molecule has 2 fully saturated rings. The third-order valence-electron chi connectivity index (χ3n) is 10.7. The number of likely N-dealkylation sites (tertiary alicyclic amines) is 1. The molecule has 5 aromatic rings. The first kappa shape index (κ1) is 37.7. The molecule has 8 rings (SSSR count). The maximum Gasteiger partial charge on any atom is 0.262 e. The number of carbonyl (C=O) groups excluding carboxylic acids is 4. The molecule has 0 saturated carbocycles. The first-order valence-corrected chi connectivity index (χ1v) is 20.5. The summed E-state index contributed by atoms with van der Waals surface area (Å²) in [5, 5.41) is 16.6. The first-order valence-electron chi connectivity index (χ1n) is 18.9. The lowest BCUT2D eigenvalue weighted by atomic mass is 9.92. The third-order valence-corrected chi connectivity index (χ3v) is 12.4. The number of phenols is 1. The number of benzene rings is 4. The van der Waals surface area contributed by atoms with Crippen molar-refractivity contribution in [2.45, 2.75) is 44.6 Å². The number of anilines is 1. The van der Waals surface area contributed by atoms with E-state index in [0.29, 0.717) is 18.3 Å². The number of nitrogens with one attached hydrogen (secondary N) is 2. The number of piperidine rings is 2. The van der Waals surface area contributed by atoms with Crippen LogP contribution in [0.15, 0.2) is 89.4 Å². The number of carbonyl (C=O) groups is 4. The van der Waals surface area contributed by atoms with Gasteiger partial charge in [0.05, 0.1) is 16.0 Å². The fraction of sp³-hybridized carbons (Fsp3) is 0.302. The molecular weight excluding hydrogens is 796 g/mol. The Kier molecular flexibility index (Phi) is 11.1. The Balaban J connectivity index is 0.758. The lowest BCUT2D eigenvalue weighted by molar-refractivity contribution is -0.136. The van der Waals surface area contributed by atoms with Gasteiger partial charge in [0.15, 0.2) is 5.75 Å². The van der Waals surface area contributed by atoms with Crippen LogP contribution in [0.4, 0.5) is 5.69 Å². The van der Waals surface area contributed by atoms with Crippen molar-refractivity contribution < 1.29 is 33.8 Å². The van der Waals surface area contributed by atoms with Crippen LogP contribution in [0.5, 0.6) is 23.0 Å². The highest BCUT2D eigenvalue weighted by atomic mass is 79.9. The van der Waals surface area contributed by atoms with Gasteiger partial charge in [0.1, 0.15) is 29.9 Å². The predicted octanol–water partition coefficient (Wildman–Crippen LogP) is 8.21. The number of phenolic OH excluding ortho intramolecular Hbond substituents is 1. The lowest BCUT2D eigenvalue weighted by Gasteiger charge is -2.31. The van der Waals surface area contributed by atoms with Crippen molar-refractivity contribution in [1.29, 1.82) is 0 Å². The molecule has 4 amide bonds. The van der Waals surface area contributed by atoms with Crippen LogP contribution in [0.25, 0.3) is 20.5 Å². The number of amides is 4. The zero-order chi connectivity index (χ0) is 38.8. The van der Waals surface area contributed by atoms with Crippen molar-refractivity contribution in [2.24, 2.45) is 5.92 Å². The largest absolute Gasteiger partial charge is 0.508 e. The second kappa shape index (κ2) is 16.5. The Morgan fingerprint density at radius 1 is 0.857 bits per heavy atom. The van der Waals surface area contributed by atoms with Gasteiger partial charge in [-0.15, -0.1) is 11.3 Å². The van der Waals surface area contributed by atoms with Gasteiger partial charge in [-0.25, -0.2) is 0 Å². The topological polar surface area (TPSA) is 138 Å². The molecule has 11 nitrogen and oxygen atoms in total. The molecule has 56 heavy (non-hydrogen) atoms. The monoisotopic (exact) mass is 836 g/mol. The van der Waals surface area contributed by atoms with Crippen LogP contribution < -0.4 is 20.1 Å². The Morgan fingerprint density at radius 3 is 2.38 bits per heavy atom. The molecule has 0 aliphatic carbocycles. The Labute approximate surface area is 336 Å². The number of hydrogen-bond acceptors (Lipinski definition) is 10. The lowest BCUT2D eigenvalue weighted by Crippen LogP contribution is -2.54. The van der Waals surface area contributed by atoms with Crippen LogP contribution >= 0.6 is 27.3 Å². The van der Waals surface area contributed by atoms with Gasteiger partial charge in [-0.1, -0.05) is 28.1 Å². The van der Waals surface area contributed by atoms with Gasteiger partial charge in [-0.2, -0.15) is 0 Å². The summed E-state index contributed by atoms with van der Waals surface area (Å²) < 4.78 is 14.5. The van der Waals surface area contributed by atoms with E-state index >= 15 is 0 Å². The van der Waals surface area contributed by atoms with Gasteiger partial charge in [0.2, 0.25) is 11.8 Å². The molecule has 0 bridgehead atoms. The molecule has 3 aliphatic heterocycles. The summed E-state index contributed by atoms with van der Waals surface area (Å²) >= 11 is 5.10. The number of fused-ring (bicyclic) bond motifs is 2. The number of rotatable bonds is 13. The summed E-state index contributed by atoms with van der Waals surface area (Å²) in [4.78, 5) is 54.4. The molecule has 2 saturated heterocycles. The molecule has 4 aromatic carbocycles. The average Bonchev–Trinajstić information content (AvgIpc) is 3.67. The van der Waals surface area contributed by atoms with E-state index in [-0.39, 0.29) is 29.7 Å². The highest BCUT2D eigenvalue weighted by Gasteiger charge is 2.44. The Morgan fingerprint density at radius 2 is 1.61 bits per heavy atom. The van der Waals surface area contributed by atoms with Crippen molar-refractivity contribution in [2.75, 3.05) is 38.1 Å².